The molecule has 2 aliphatic heterocycles. The van der Waals surface area contributed by atoms with Gasteiger partial charge in [0.05, 0.1) is 13.0 Å². The molecule has 0 saturated carbocycles. The lowest BCUT2D eigenvalue weighted by Gasteiger charge is -2.41. The van der Waals surface area contributed by atoms with Crippen LogP contribution >= 0.6 is 0 Å². The average Bonchev–Trinajstić information content (AvgIpc) is 2.95. The van der Waals surface area contributed by atoms with Crippen LogP contribution in [0.2, 0.25) is 0 Å². The van der Waals surface area contributed by atoms with Crippen LogP contribution in [0.4, 0.5) is 0 Å². The largest absolute Gasteiger partial charge is 0.469 e. The monoisotopic (exact) mass is 361 g/mol. The van der Waals surface area contributed by atoms with Gasteiger partial charge in [-0.1, -0.05) is 61.2 Å². The van der Waals surface area contributed by atoms with Gasteiger partial charge in [-0.05, 0) is 48.6 Å². The van der Waals surface area contributed by atoms with Crippen molar-refractivity contribution < 1.29 is 9.53 Å². The average molecular weight is 361 g/mol. The lowest BCUT2D eigenvalue weighted by atomic mass is 9.76. The highest BCUT2D eigenvalue weighted by molar-refractivity contribution is 5.78. The normalized spacial score (nSPS) is 27.3. The highest BCUT2D eigenvalue weighted by Gasteiger charge is 2.49. The first-order chi connectivity index (χ1) is 13.1. The Morgan fingerprint density at radius 2 is 1.70 bits per heavy atom. The molecule has 4 rings (SSSR count). The molecule has 2 aliphatic rings. The molecule has 0 unspecified atom stereocenters. The van der Waals surface area contributed by atoms with Gasteiger partial charge in [0.2, 0.25) is 0 Å². The van der Waals surface area contributed by atoms with Crippen LogP contribution in [0, 0.1) is 5.92 Å². The molecule has 2 heterocycles. The van der Waals surface area contributed by atoms with Crippen LogP contribution in [-0.4, -0.2) is 37.1 Å². The van der Waals surface area contributed by atoms with Gasteiger partial charge in [0, 0.05) is 18.0 Å². The van der Waals surface area contributed by atoms with E-state index in [1.807, 2.05) is 18.2 Å². The Kier molecular flexibility index (Phi) is 4.88. The zero-order chi connectivity index (χ0) is 19.0. The third-order valence-corrected chi connectivity index (χ3v) is 6.55. The number of benzene rings is 2. The Bertz CT molecular complexity index is 827. The number of hydrogen-bond acceptors (Lipinski definition) is 3. The smallest absolute Gasteiger partial charge is 0.310 e. The van der Waals surface area contributed by atoms with E-state index in [9.17, 15) is 4.79 Å². The van der Waals surface area contributed by atoms with Crippen LogP contribution in [0.25, 0.3) is 5.57 Å². The quantitative estimate of drug-likeness (QED) is 0.752. The molecule has 2 aromatic carbocycles. The van der Waals surface area contributed by atoms with Crippen molar-refractivity contribution in [2.24, 2.45) is 5.92 Å². The fourth-order valence-electron chi connectivity index (χ4n) is 5.00. The van der Waals surface area contributed by atoms with Crippen molar-refractivity contribution in [1.29, 1.82) is 0 Å². The van der Waals surface area contributed by atoms with Gasteiger partial charge in [-0.15, -0.1) is 0 Å². The number of fused-ring (bicyclic) bond motifs is 2. The number of nitrogens with zero attached hydrogens (tertiary/aromatic N) is 1. The summed E-state index contributed by atoms with van der Waals surface area (Å²) in [6.45, 7) is 4.26. The van der Waals surface area contributed by atoms with Crippen molar-refractivity contribution in [3.8, 4) is 0 Å². The number of methoxy groups -OCH3 is 1. The summed E-state index contributed by atoms with van der Waals surface area (Å²) < 4.78 is 5.18. The van der Waals surface area contributed by atoms with Gasteiger partial charge < -0.3 is 4.74 Å². The number of ether oxygens (including phenoxy) is 1. The molecular weight excluding hydrogens is 334 g/mol. The molecule has 0 spiro atoms. The molecule has 4 atom stereocenters. The van der Waals surface area contributed by atoms with E-state index in [0.717, 1.165) is 29.5 Å². The maximum Gasteiger partial charge on any atom is 0.310 e. The van der Waals surface area contributed by atoms with Crippen molar-refractivity contribution in [2.75, 3.05) is 14.2 Å². The number of carbonyl (C=O) groups excluding carboxylic acids is 1. The van der Waals surface area contributed by atoms with E-state index in [2.05, 4.69) is 54.9 Å². The van der Waals surface area contributed by atoms with Crippen LogP contribution < -0.4 is 0 Å². The first kappa shape index (κ1) is 18.0. The van der Waals surface area contributed by atoms with Crippen LogP contribution in [0.3, 0.4) is 0 Å². The maximum atomic E-state index is 12.6. The topological polar surface area (TPSA) is 29.5 Å². The van der Waals surface area contributed by atoms with E-state index in [-0.39, 0.29) is 17.8 Å². The Hall–Kier alpha value is -2.39. The number of esters is 1. The molecule has 2 aromatic rings. The highest BCUT2D eigenvalue weighted by Crippen LogP contribution is 2.46. The second-order valence-electron chi connectivity index (χ2n) is 7.82. The summed E-state index contributed by atoms with van der Waals surface area (Å²) >= 11 is 0. The molecule has 27 heavy (non-hydrogen) atoms. The summed E-state index contributed by atoms with van der Waals surface area (Å²) in [7, 11) is 3.66. The lowest BCUT2D eigenvalue weighted by Crippen LogP contribution is -2.49. The fraction of sp³-hybridized carbons (Fsp3) is 0.375. The van der Waals surface area contributed by atoms with Crippen molar-refractivity contribution in [3.05, 3.63) is 77.9 Å². The predicted molar refractivity (Wildman–Crippen MR) is 108 cm³/mol. The minimum Gasteiger partial charge on any atom is -0.469 e. The summed E-state index contributed by atoms with van der Waals surface area (Å²) in [5.74, 6) is 0.0714. The maximum absolute atomic E-state index is 12.6. The van der Waals surface area contributed by atoms with Crippen LogP contribution in [0.15, 0.2) is 61.2 Å². The first-order valence-corrected chi connectivity index (χ1v) is 9.74. The van der Waals surface area contributed by atoms with Crippen molar-refractivity contribution in [2.45, 2.75) is 37.3 Å². The van der Waals surface area contributed by atoms with Crippen molar-refractivity contribution in [1.82, 2.24) is 4.90 Å². The van der Waals surface area contributed by atoms with Gasteiger partial charge >= 0.3 is 5.97 Å². The van der Waals surface area contributed by atoms with Gasteiger partial charge in [-0.25, -0.2) is 0 Å². The van der Waals surface area contributed by atoms with Gasteiger partial charge in [0.15, 0.2) is 0 Å². The Morgan fingerprint density at radius 3 is 2.37 bits per heavy atom. The van der Waals surface area contributed by atoms with Crippen molar-refractivity contribution >= 4 is 11.5 Å². The van der Waals surface area contributed by atoms with Crippen molar-refractivity contribution in [3.63, 3.8) is 0 Å². The van der Waals surface area contributed by atoms with Gasteiger partial charge in [0.1, 0.15) is 0 Å². The molecule has 2 fully saturated rings. The summed E-state index contributed by atoms with van der Waals surface area (Å²) in [5.41, 5.74) is 4.51. The minimum atomic E-state index is -0.0816. The predicted octanol–water partition coefficient (Wildman–Crippen LogP) is 4.49. The van der Waals surface area contributed by atoms with E-state index in [4.69, 9.17) is 4.74 Å². The first-order valence-electron chi connectivity index (χ1n) is 9.74. The standard InChI is InChI=1S/C24H27NO2/c1-16(17-7-5-4-6-8-17)18-9-11-19(12-10-18)21-15-20-13-14-22(25(20)2)23(21)24(26)27-3/h4-12,20-23H,1,13-15H2,2-3H3/t20-,21+,22+,23-/m0/s1. The number of carbonyl (C=O) groups is 1. The van der Waals surface area contributed by atoms with Crippen LogP contribution in [0.1, 0.15) is 41.9 Å². The molecule has 0 N–H and O–H groups in total. The molecule has 0 aliphatic carbocycles. The van der Waals surface area contributed by atoms with Gasteiger partial charge in [-0.2, -0.15) is 0 Å². The molecule has 3 nitrogen and oxygen atoms in total. The number of hydrogen-bond donors (Lipinski definition) is 0. The van der Waals surface area contributed by atoms with Gasteiger partial charge in [0.25, 0.3) is 0 Å². The zero-order valence-corrected chi connectivity index (χ0v) is 16.1. The van der Waals surface area contributed by atoms with Crippen LogP contribution in [0.5, 0.6) is 0 Å². The van der Waals surface area contributed by atoms with Gasteiger partial charge in [-0.3, -0.25) is 9.69 Å². The third-order valence-electron chi connectivity index (χ3n) is 6.55. The second kappa shape index (κ2) is 7.32. The third kappa shape index (κ3) is 3.21. The Balaban J connectivity index is 1.61. The van der Waals surface area contributed by atoms with Crippen LogP contribution in [-0.2, 0) is 9.53 Å². The Morgan fingerprint density at radius 1 is 1.04 bits per heavy atom. The summed E-state index contributed by atoms with van der Waals surface area (Å²) in [4.78, 5) is 15.0. The molecule has 140 valence electrons. The molecule has 0 radical (unpaired) electrons. The molecule has 0 amide bonds. The fourth-order valence-corrected chi connectivity index (χ4v) is 5.00. The van der Waals surface area contributed by atoms with E-state index in [1.54, 1.807) is 0 Å². The molecule has 2 bridgehead atoms. The number of piperidine rings is 1. The molecule has 2 saturated heterocycles. The molecule has 3 heteroatoms. The van der Waals surface area contributed by atoms with E-state index in [0.29, 0.717) is 12.1 Å². The summed E-state index contributed by atoms with van der Waals surface area (Å²) in [6, 6.07) is 19.7. The molecular formula is C24H27NO2. The van der Waals surface area contributed by atoms with E-state index < -0.39 is 0 Å². The lowest BCUT2D eigenvalue weighted by molar-refractivity contribution is -0.150. The zero-order valence-electron chi connectivity index (χ0n) is 16.1. The second-order valence-corrected chi connectivity index (χ2v) is 7.82. The number of rotatable bonds is 4. The van der Waals surface area contributed by atoms with E-state index >= 15 is 0 Å². The SMILES string of the molecule is C=C(c1ccccc1)c1ccc([C@H]2C[C@@H]3CC[C@H]([C@H]2C(=O)OC)N3C)cc1. The summed E-state index contributed by atoms with van der Waals surface area (Å²) in [5, 5.41) is 0. The summed E-state index contributed by atoms with van der Waals surface area (Å²) in [6.07, 6.45) is 3.28. The Labute approximate surface area is 161 Å². The minimum absolute atomic E-state index is 0.0741. The van der Waals surface area contributed by atoms with E-state index in [1.165, 1.54) is 19.1 Å². The molecule has 0 aromatic heterocycles. The highest BCUT2D eigenvalue weighted by atomic mass is 16.5.